The first-order valence-corrected chi connectivity index (χ1v) is 10.9. The Kier molecular flexibility index (Phi) is 7.80. The topological polar surface area (TPSA) is 76.2 Å². The Hall–Kier alpha value is -2.29. The number of carbonyl (C=O) groups excluding carboxylic acids is 3. The average molecular weight is 468 g/mol. The summed E-state index contributed by atoms with van der Waals surface area (Å²) in [5.74, 6) is 0.0659. The van der Waals surface area contributed by atoms with Crippen molar-refractivity contribution in [3.8, 4) is 0 Å². The van der Waals surface area contributed by atoms with E-state index in [1.165, 1.54) is 6.08 Å². The van der Waals surface area contributed by atoms with E-state index in [-0.39, 0.29) is 11.8 Å². The smallest absolute Gasteiger partial charge is 0.246 e. The molecule has 3 rings (SSSR count). The fraction of sp³-hybridized carbons (Fsp3) is 0.476. The summed E-state index contributed by atoms with van der Waals surface area (Å²) in [7, 11) is 1.84. The molecule has 31 heavy (non-hydrogen) atoms. The molecule has 1 N–H and O–H groups in total. The van der Waals surface area contributed by atoms with Crippen LogP contribution in [0.5, 0.6) is 0 Å². The molecule has 8 nitrogen and oxygen atoms in total. The van der Waals surface area contributed by atoms with Gasteiger partial charge < -0.3 is 20.0 Å². The monoisotopic (exact) mass is 467 g/mol. The lowest BCUT2D eigenvalue weighted by Crippen LogP contribution is -2.64. The highest BCUT2D eigenvalue weighted by Crippen LogP contribution is 2.34. The van der Waals surface area contributed by atoms with E-state index in [0.29, 0.717) is 59.9 Å². The lowest BCUT2D eigenvalue weighted by molar-refractivity contribution is -0.136. The van der Waals surface area contributed by atoms with Crippen molar-refractivity contribution < 1.29 is 14.4 Å². The van der Waals surface area contributed by atoms with Crippen LogP contribution < -0.4 is 10.2 Å². The van der Waals surface area contributed by atoms with E-state index in [1.54, 1.807) is 17.0 Å². The van der Waals surface area contributed by atoms with Crippen molar-refractivity contribution in [2.24, 2.45) is 0 Å². The maximum atomic E-state index is 12.7. The first-order chi connectivity index (χ1) is 14.8. The second-order valence-electron chi connectivity index (χ2n) is 7.74. The van der Waals surface area contributed by atoms with Gasteiger partial charge >= 0.3 is 0 Å². The summed E-state index contributed by atoms with van der Waals surface area (Å²) >= 11 is 12.2. The van der Waals surface area contributed by atoms with Gasteiger partial charge in [0.25, 0.3) is 0 Å². The molecule has 168 valence electrons. The molecule has 2 aliphatic heterocycles. The molecule has 0 spiro atoms. The van der Waals surface area contributed by atoms with Crippen LogP contribution in [0.4, 0.5) is 11.4 Å². The molecule has 0 aliphatic carbocycles. The van der Waals surface area contributed by atoms with E-state index >= 15 is 0 Å². The van der Waals surface area contributed by atoms with Gasteiger partial charge in [-0.2, -0.15) is 0 Å². The van der Waals surface area contributed by atoms with Gasteiger partial charge in [-0.1, -0.05) is 29.8 Å². The van der Waals surface area contributed by atoms with Crippen LogP contribution in [0.25, 0.3) is 0 Å². The molecule has 1 aromatic rings. The van der Waals surface area contributed by atoms with E-state index in [0.717, 1.165) is 26.2 Å². The Morgan fingerprint density at radius 3 is 2.42 bits per heavy atom. The van der Waals surface area contributed by atoms with Gasteiger partial charge in [-0.05, 0) is 18.2 Å². The maximum Gasteiger partial charge on any atom is 0.246 e. The molecule has 1 aromatic carbocycles. The van der Waals surface area contributed by atoms with Gasteiger partial charge in [0.05, 0.1) is 21.4 Å². The van der Waals surface area contributed by atoms with E-state index in [2.05, 4.69) is 16.8 Å². The highest BCUT2D eigenvalue weighted by Gasteiger charge is 2.35. The summed E-state index contributed by atoms with van der Waals surface area (Å²) in [6.45, 7) is 8.42. The minimum atomic E-state index is -0.0253. The van der Waals surface area contributed by atoms with Crippen molar-refractivity contribution in [2.45, 2.75) is 12.5 Å². The van der Waals surface area contributed by atoms with Gasteiger partial charge in [0, 0.05) is 65.3 Å². The fourth-order valence-electron chi connectivity index (χ4n) is 3.90. The van der Waals surface area contributed by atoms with E-state index in [4.69, 9.17) is 23.2 Å². The summed E-state index contributed by atoms with van der Waals surface area (Å²) < 4.78 is 0. The molecule has 0 bridgehead atoms. The zero-order chi connectivity index (χ0) is 22.5. The summed E-state index contributed by atoms with van der Waals surface area (Å²) in [4.78, 5) is 43.1. The van der Waals surface area contributed by atoms with Crippen LogP contribution in [0, 0.1) is 0 Å². The lowest BCUT2D eigenvalue weighted by atomic mass is 10.1. The quantitative estimate of drug-likeness (QED) is 0.466. The summed E-state index contributed by atoms with van der Waals surface area (Å²) in [5, 5.41) is 3.35. The number of nitrogens with zero attached hydrogens (tertiary/aromatic N) is 4. The minimum absolute atomic E-state index is 0.0253. The van der Waals surface area contributed by atoms with Crippen molar-refractivity contribution in [1.29, 1.82) is 0 Å². The number of piperazine rings is 1. The van der Waals surface area contributed by atoms with E-state index in [1.807, 2.05) is 16.8 Å². The van der Waals surface area contributed by atoms with Crippen LogP contribution >= 0.6 is 23.2 Å². The third kappa shape index (κ3) is 5.50. The molecule has 2 fully saturated rings. The van der Waals surface area contributed by atoms with Crippen molar-refractivity contribution in [2.75, 3.05) is 63.1 Å². The zero-order valence-corrected chi connectivity index (χ0v) is 19.0. The molecule has 10 heteroatoms. The molecule has 2 saturated heterocycles. The van der Waals surface area contributed by atoms with E-state index in [9.17, 15) is 14.4 Å². The minimum Gasteiger partial charge on any atom is -0.372 e. The Labute approximate surface area is 192 Å². The first-order valence-electron chi connectivity index (χ1n) is 10.2. The maximum absolute atomic E-state index is 12.7. The molecular formula is C21H27Cl2N5O3. The third-order valence-corrected chi connectivity index (χ3v) is 6.58. The van der Waals surface area contributed by atoms with Gasteiger partial charge in [0.2, 0.25) is 18.2 Å². The number of benzene rings is 1. The Morgan fingerprint density at radius 2 is 1.81 bits per heavy atom. The second-order valence-corrected chi connectivity index (χ2v) is 8.55. The first kappa shape index (κ1) is 23.4. The largest absolute Gasteiger partial charge is 0.372 e. The highest BCUT2D eigenvalue weighted by molar-refractivity contribution is 6.42. The van der Waals surface area contributed by atoms with Crippen molar-refractivity contribution >= 4 is 52.8 Å². The van der Waals surface area contributed by atoms with Crippen LogP contribution in [-0.2, 0) is 14.4 Å². The van der Waals surface area contributed by atoms with Crippen LogP contribution in [0.2, 0.25) is 10.0 Å². The molecule has 2 aliphatic rings. The van der Waals surface area contributed by atoms with Gasteiger partial charge in [-0.15, -0.1) is 0 Å². The fourth-order valence-corrected chi connectivity index (χ4v) is 4.23. The van der Waals surface area contributed by atoms with Crippen LogP contribution in [0.3, 0.4) is 0 Å². The predicted octanol–water partition coefficient (Wildman–Crippen LogP) is 1.93. The summed E-state index contributed by atoms with van der Waals surface area (Å²) in [5.41, 5.74) is 1.24. The van der Waals surface area contributed by atoms with Gasteiger partial charge in [-0.25, -0.2) is 0 Å². The van der Waals surface area contributed by atoms with Gasteiger partial charge in [0.1, 0.15) is 0 Å². The lowest BCUT2D eigenvalue weighted by Gasteiger charge is -2.47. The number of hydrogen-bond acceptors (Lipinski definition) is 5. The Bertz CT molecular complexity index is 852. The van der Waals surface area contributed by atoms with Gasteiger partial charge in [-0.3, -0.25) is 19.3 Å². The number of halogens is 2. The molecule has 0 atom stereocenters. The molecule has 0 saturated carbocycles. The number of carbonyl (C=O) groups is 3. The van der Waals surface area contributed by atoms with Crippen molar-refractivity contribution in [1.82, 2.24) is 14.7 Å². The molecular weight excluding hydrogens is 441 g/mol. The summed E-state index contributed by atoms with van der Waals surface area (Å²) in [6, 6.07) is 3.64. The second kappa shape index (κ2) is 10.3. The predicted molar refractivity (Wildman–Crippen MR) is 123 cm³/mol. The number of hydrogen-bond donors (Lipinski definition) is 1. The SMILES string of the molecule is C=CC(=O)N1CC(N2CCN(C(=O)CCN(C)c3cc(Cl)c(Cl)cc3NC=O)CC2)C1. The molecule has 0 radical (unpaired) electrons. The molecule has 0 aromatic heterocycles. The highest BCUT2D eigenvalue weighted by atomic mass is 35.5. The third-order valence-electron chi connectivity index (χ3n) is 5.86. The van der Waals surface area contributed by atoms with E-state index < -0.39 is 0 Å². The molecule has 0 unspecified atom stereocenters. The standard InChI is InChI=1S/C21H27Cl2N5O3/c1-3-20(30)28-12-15(13-28)26-6-8-27(9-7-26)21(31)4-5-25(2)19-11-17(23)16(22)10-18(19)24-14-29/h3,10-11,14-15H,1,4-9,12-13H2,2H3,(H,24,29). The van der Waals surface area contributed by atoms with Crippen LogP contribution in [0.15, 0.2) is 24.8 Å². The number of amides is 3. The van der Waals surface area contributed by atoms with Crippen molar-refractivity contribution in [3.05, 3.63) is 34.8 Å². The molecule has 3 amide bonds. The number of anilines is 2. The number of nitrogens with one attached hydrogen (secondary N) is 1. The van der Waals surface area contributed by atoms with Crippen LogP contribution in [-0.4, -0.2) is 91.8 Å². The zero-order valence-electron chi connectivity index (χ0n) is 17.5. The average Bonchev–Trinajstić information content (AvgIpc) is 2.73. The normalized spacial score (nSPS) is 17.1. The molecule has 2 heterocycles. The Morgan fingerprint density at radius 1 is 1.16 bits per heavy atom. The summed E-state index contributed by atoms with van der Waals surface area (Å²) in [6.07, 6.45) is 2.28. The van der Waals surface area contributed by atoms with Gasteiger partial charge in [0.15, 0.2) is 0 Å². The Balaban J connectivity index is 1.47. The number of rotatable bonds is 8. The van der Waals surface area contributed by atoms with Crippen LogP contribution in [0.1, 0.15) is 6.42 Å². The van der Waals surface area contributed by atoms with Crippen molar-refractivity contribution in [3.63, 3.8) is 0 Å². The number of likely N-dealkylation sites (tertiary alicyclic amines) is 1.